The molecular weight excluding hydrogens is 304 g/mol. The molecule has 124 valence electrons. The Balaban J connectivity index is 2.37. The van der Waals surface area contributed by atoms with Crippen molar-refractivity contribution in [1.82, 2.24) is 0 Å². The molecule has 1 aliphatic carbocycles. The minimum absolute atomic E-state index is 0.0261. The molecule has 2 rings (SSSR count). The topological polar surface area (TPSA) is 135 Å². The van der Waals surface area contributed by atoms with Gasteiger partial charge in [-0.1, -0.05) is 6.08 Å². The average molecular weight is 322 g/mol. The van der Waals surface area contributed by atoms with Crippen LogP contribution in [0.3, 0.4) is 0 Å². The number of allylic oxidation sites excluding steroid dienone is 1. The minimum Gasteiger partial charge on any atom is -0.508 e. The van der Waals surface area contributed by atoms with E-state index >= 15 is 0 Å². The summed E-state index contributed by atoms with van der Waals surface area (Å²) in [5.74, 6) is -2.68. The van der Waals surface area contributed by atoms with Gasteiger partial charge >= 0.3 is 5.97 Å². The van der Waals surface area contributed by atoms with Crippen molar-refractivity contribution in [3.63, 3.8) is 0 Å². The lowest BCUT2D eigenvalue weighted by Crippen LogP contribution is -2.47. The fourth-order valence-corrected chi connectivity index (χ4v) is 2.88. The number of carbonyl (C=O) groups is 2. The van der Waals surface area contributed by atoms with Crippen molar-refractivity contribution >= 4 is 11.8 Å². The largest absolute Gasteiger partial charge is 0.508 e. The average Bonchev–Trinajstić information content (AvgIpc) is 2.51. The van der Waals surface area contributed by atoms with Gasteiger partial charge in [0.25, 0.3) is 0 Å². The molecule has 0 fully saturated rings. The maximum atomic E-state index is 12.4. The Morgan fingerprint density at radius 2 is 1.96 bits per heavy atom. The standard InChI is InChI=1S/C16H18O7/c17-8-9-2-1-5-16(14(9)21,15(22)23)7-13(20)11-6-10(18)3-4-12(11)19/h2-4,6,14,17-19,21H,1,5,7-8H2,(H,22,23)/t14-,16-/m0/s1. The first kappa shape index (κ1) is 17.0. The number of benzene rings is 1. The molecule has 23 heavy (non-hydrogen) atoms. The number of aliphatic hydroxyl groups excluding tert-OH is 2. The van der Waals surface area contributed by atoms with Crippen molar-refractivity contribution in [3.05, 3.63) is 35.4 Å². The number of aliphatic carboxylic acids is 1. The predicted molar refractivity (Wildman–Crippen MR) is 79.2 cm³/mol. The molecule has 0 spiro atoms. The number of hydrogen-bond donors (Lipinski definition) is 5. The van der Waals surface area contributed by atoms with E-state index in [1.165, 1.54) is 6.07 Å². The Hall–Kier alpha value is -2.38. The fraction of sp³-hybridized carbons (Fsp3) is 0.375. The minimum atomic E-state index is -1.78. The Morgan fingerprint density at radius 1 is 1.26 bits per heavy atom. The Morgan fingerprint density at radius 3 is 2.57 bits per heavy atom. The molecule has 7 nitrogen and oxygen atoms in total. The zero-order valence-electron chi connectivity index (χ0n) is 12.3. The molecule has 0 bridgehead atoms. The van der Waals surface area contributed by atoms with Crippen LogP contribution in [0.4, 0.5) is 0 Å². The third-order valence-electron chi connectivity index (χ3n) is 4.24. The quantitative estimate of drug-likeness (QED) is 0.307. The van der Waals surface area contributed by atoms with Gasteiger partial charge in [-0.25, -0.2) is 0 Å². The summed E-state index contributed by atoms with van der Waals surface area (Å²) in [4.78, 5) is 24.1. The van der Waals surface area contributed by atoms with Gasteiger partial charge in [0.2, 0.25) is 0 Å². The van der Waals surface area contributed by atoms with Gasteiger partial charge in [-0.3, -0.25) is 9.59 Å². The smallest absolute Gasteiger partial charge is 0.313 e. The second-order valence-corrected chi connectivity index (χ2v) is 5.64. The van der Waals surface area contributed by atoms with E-state index in [4.69, 9.17) is 0 Å². The summed E-state index contributed by atoms with van der Waals surface area (Å²) in [5.41, 5.74) is -1.83. The molecular formula is C16H18O7. The molecule has 1 aromatic carbocycles. The number of hydrogen-bond acceptors (Lipinski definition) is 6. The lowest BCUT2D eigenvalue weighted by Gasteiger charge is -2.37. The summed E-state index contributed by atoms with van der Waals surface area (Å²) >= 11 is 0. The zero-order valence-corrected chi connectivity index (χ0v) is 12.3. The number of Topliss-reactive ketones (excluding diaryl/α,β-unsaturated/α-hetero) is 1. The van der Waals surface area contributed by atoms with Crippen LogP contribution in [0.15, 0.2) is 29.8 Å². The SMILES string of the molecule is O=C(C[C@@]1(C(=O)O)CCC=C(CO)[C@@H]1O)c1cc(O)ccc1O. The van der Waals surface area contributed by atoms with Crippen LogP contribution in [0.5, 0.6) is 11.5 Å². The van der Waals surface area contributed by atoms with E-state index in [0.717, 1.165) is 12.1 Å². The highest BCUT2D eigenvalue weighted by Gasteiger charge is 2.49. The maximum Gasteiger partial charge on any atom is 0.313 e. The summed E-state index contributed by atoms with van der Waals surface area (Å²) in [6, 6.07) is 3.37. The maximum absolute atomic E-state index is 12.4. The Kier molecular flexibility index (Phi) is 4.72. The number of carboxylic acids is 1. The number of phenolic OH excluding ortho intramolecular Hbond substituents is 2. The van der Waals surface area contributed by atoms with E-state index in [9.17, 15) is 35.1 Å². The summed E-state index contributed by atoms with van der Waals surface area (Å²) in [7, 11) is 0. The normalized spacial score (nSPS) is 24.1. The van der Waals surface area contributed by atoms with Gasteiger partial charge in [-0.2, -0.15) is 0 Å². The number of rotatable bonds is 5. The van der Waals surface area contributed by atoms with Crippen molar-refractivity contribution < 1.29 is 35.1 Å². The Bertz CT molecular complexity index is 664. The van der Waals surface area contributed by atoms with Crippen molar-refractivity contribution in [2.75, 3.05) is 6.61 Å². The molecule has 5 N–H and O–H groups in total. The third kappa shape index (κ3) is 3.06. The molecule has 0 saturated heterocycles. The second-order valence-electron chi connectivity index (χ2n) is 5.64. The van der Waals surface area contributed by atoms with E-state index in [-0.39, 0.29) is 29.1 Å². The summed E-state index contributed by atoms with van der Waals surface area (Å²) in [5, 5.41) is 48.2. The monoisotopic (exact) mass is 322 g/mol. The summed E-state index contributed by atoms with van der Waals surface area (Å²) < 4.78 is 0. The molecule has 0 aliphatic heterocycles. The lowest BCUT2D eigenvalue weighted by atomic mass is 9.68. The Labute approximate surface area is 132 Å². The molecule has 0 heterocycles. The molecule has 0 amide bonds. The van der Waals surface area contributed by atoms with Gasteiger partial charge in [-0.15, -0.1) is 0 Å². The number of aliphatic hydroxyl groups is 2. The second kappa shape index (κ2) is 6.39. The predicted octanol–water partition coefficient (Wildman–Crippen LogP) is 0.815. The molecule has 1 aliphatic rings. The van der Waals surface area contributed by atoms with Gasteiger partial charge in [0, 0.05) is 6.42 Å². The van der Waals surface area contributed by atoms with Crippen LogP contribution < -0.4 is 0 Å². The highest BCUT2D eigenvalue weighted by molar-refractivity contribution is 6.01. The van der Waals surface area contributed by atoms with Crippen LogP contribution in [-0.2, 0) is 4.79 Å². The van der Waals surface area contributed by atoms with Crippen LogP contribution in [0.1, 0.15) is 29.6 Å². The number of carbonyl (C=O) groups excluding carboxylic acids is 1. The number of phenols is 2. The highest BCUT2D eigenvalue weighted by Crippen LogP contribution is 2.41. The van der Waals surface area contributed by atoms with Gasteiger partial charge in [0.1, 0.15) is 16.9 Å². The molecule has 2 atom stereocenters. The molecule has 0 radical (unpaired) electrons. The molecule has 7 heteroatoms. The van der Waals surface area contributed by atoms with Crippen molar-refractivity contribution in [2.24, 2.45) is 5.41 Å². The van der Waals surface area contributed by atoms with Gasteiger partial charge < -0.3 is 25.5 Å². The molecule has 0 unspecified atom stereocenters. The first-order chi connectivity index (χ1) is 10.8. The van der Waals surface area contributed by atoms with Crippen LogP contribution in [0.2, 0.25) is 0 Å². The van der Waals surface area contributed by atoms with Crippen LogP contribution >= 0.6 is 0 Å². The number of carboxylic acid groups (broad SMARTS) is 1. The molecule has 1 aromatic rings. The van der Waals surface area contributed by atoms with Crippen LogP contribution in [0.25, 0.3) is 0 Å². The summed E-state index contributed by atoms with van der Waals surface area (Å²) in [6.07, 6.45) is -0.168. The fourth-order valence-electron chi connectivity index (χ4n) is 2.88. The van der Waals surface area contributed by atoms with Crippen molar-refractivity contribution in [1.29, 1.82) is 0 Å². The molecule has 0 aromatic heterocycles. The van der Waals surface area contributed by atoms with E-state index in [0.29, 0.717) is 6.42 Å². The third-order valence-corrected chi connectivity index (χ3v) is 4.24. The first-order valence-corrected chi connectivity index (χ1v) is 7.08. The van der Waals surface area contributed by atoms with Crippen LogP contribution in [-0.4, -0.2) is 50.0 Å². The van der Waals surface area contributed by atoms with Crippen LogP contribution in [0, 0.1) is 5.41 Å². The summed E-state index contributed by atoms with van der Waals surface area (Å²) in [6.45, 7) is -0.498. The first-order valence-electron chi connectivity index (χ1n) is 7.08. The number of aromatic hydroxyl groups is 2. The van der Waals surface area contributed by atoms with E-state index in [2.05, 4.69) is 0 Å². The molecule has 0 saturated carbocycles. The van der Waals surface area contributed by atoms with E-state index < -0.39 is 36.3 Å². The van der Waals surface area contributed by atoms with E-state index in [1.54, 1.807) is 6.08 Å². The number of ketones is 1. The zero-order chi connectivity index (χ0) is 17.2. The highest BCUT2D eigenvalue weighted by atomic mass is 16.4. The van der Waals surface area contributed by atoms with Gasteiger partial charge in [-0.05, 0) is 36.6 Å². The van der Waals surface area contributed by atoms with Gasteiger partial charge in [0.15, 0.2) is 5.78 Å². The van der Waals surface area contributed by atoms with Crippen molar-refractivity contribution in [2.45, 2.75) is 25.4 Å². The van der Waals surface area contributed by atoms with E-state index in [1.807, 2.05) is 0 Å². The lowest BCUT2D eigenvalue weighted by molar-refractivity contribution is -0.156. The van der Waals surface area contributed by atoms with Crippen molar-refractivity contribution in [3.8, 4) is 11.5 Å². The van der Waals surface area contributed by atoms with Gasteiger partial charge in [0.05, 0.1) is 18.3 Å².